The van der Waals surface area contributed by atoms with Crippen LogP contribution in [0.2, 0.25) is 0 Å². The van der Waals surface area contributed by atoms with E-state index in [1.54, 1.807) is 14.1 Å². The quantitative estimate of drug-likeness (QED) is 0.315. The number of amides is 1. The van der Waals surface area contributed by atoms with Crippen molar-refractivity contribution >= 4 is 28.8 Å². The SMILES string of the molecule is CN1CCN(c2cc(N(C)C)c3c(c2O)C(=O)C2=C(O)C4(O)C(=O)C(C(N)=O)=C(O)C(N(C)C)C4CC2C3)CC1. The number of nitrogens with two attached hydrogens (primary N) is 1. The third-order valence-electron chi connectivity index (χ3n) is 9.00. The summed E-state index contributed by atoms with van der Waals surface area (Å²) >= 11 is 0. The molecule has 1 fully saturated rings. The van der Waals surface area contributed by atoms with Gasteiger partial charge in [-0.3, -0.25) is 19.3 Å². The summed E-state index contributed by atoms with van der Waals surface area (Å²) in [4.78, 5) is 47.4. The fourth-order valence-electron chi connectivity index (χ4n) is 6.97. The van der Waals surface area contributed by atoms with Crippen molar-refractivity contribution in [2.45, 2.75) is 24.5 Å². The number of carbonyl (C=O) groups excluding carboxylic acids is 3. The van der Waals surface area contributed by atoms with Gasteiger partial charge in [-0.2, -0.15) is 0 Å². The van der Waals surface area contributed by atoms with E-state index in [-0.39, 0.29) is 29.7 Å². The van der Waals surface area contributed by atoms with Crippen molar-refractivity contribution in [1.82, 2.24) is 9.80 Å². The number of hydrogen-bond acceptors (Lipinski definition) is 11. The molecule has 3 aliphatic carbocycles. The Bertz CT molecular complexity index is 1380. The van der Waals surface area contributed by atoms with E-state index in [0.29, 0.717) is 24.3 Å². The van der Waals surface area contributed by atoms with Crippen molar-refractivity contribution in [2.75, 3.05) is 71.2 Å². The first kappa shape index (κ1) is 27.9. The molecule has 1 aromatic carbocycles. The van der Waals surface area contributed by atoms with Crippen LogP contribution in [0.1, 0.15) is 22.3 Å². The van der Waals surface area contributed by atoms with Crippen LogP contribution < -0.4 is 15.5 Å². The third kappa shape index (κ3) is 3.80. The first-order valence-electron chi connectivity index (χ1n) is 13.4. The van der Waals surface area contributed by atoms with Gasteiger partial charge in [0, 0.05) is 57.5 Å². The molecular weight excluding hydrogens is 518 g/mol. The molecule has 0 radical (unpaired) electrons. The molecule has 4 aliphatic rings. The number of nitrogens with zero attached hydrogens (tertiary/aromatic N) is 4. The Kier molecular flexibility index (Phi) is 6.63. The number of fused-ring (bicyclic) bond motifs is 3. The molecule has 40 heavy (non-hydrogen) atoms. The molecule has 1 saturated heterocycles. The second kappa shape index (κ2) is 9.50. The number of allylic oxidation sites excluding steroid dienone is 1. The minimum atomic E-state index is -2.65. The second-order valence-electron chi connectivity index (χ2n) is 11.8. The molecule has 6 N–H and O–H groups in total. The summed E-state index contributed by atoms with van der Waals surface area (Å²) in [5.74, 6) is -6.49. The van der Waals surface area contributed by atoms with E-state index in [1.165, 1.54) is 4.90 Å². The van der Waals surface area contributed by atoms with Crippen molar-refractivity contribution in [1.29, 1.82) is 0 Å². The highest BCUT2D eigenvalue weighted by Gasteiger charge is 2.63. The highest BCUT2D eigenvalue weighted by atomic mass is 16.3. The average molecular weight is 556 g/mol. The highest BCUT2D eigenvalue weighted by molar-refractivity contribution is 6.25. The molecule has 1 aromatic rings. The first-order valence-corrected chi connectivity index (χ1v) is 13.4. The number of carbonyl (C=O) groups is 3. The van der Waals surface area contributed by atoms with Crippen LogP contribution in [0.15, 0.2) is 28.7 Å². The van der Waals surface area contributed by atoms with E-state index >= 15 is 0 Å². The number of aromatic hydroxyl groups is 1. The van der Waals surface area contributed by atoms with Crippen molar-refractivity contribution in [3.63, 3.8) is 0 Å². The number of aliphatic hydroxyl groups is 3. The number of Topliss-reactive ketones (excluding diaryl/α,β-unsaturated/α-hetero) is 2. The van der Waals surface area contributed by atoms with Gasteiger partial charge in [-0.1, -0.05) is 0 Å². The standard InChI is InChI=1S/C28H37N5O7/c1-30(2)16-12-17(33-8-6-32(5)7-9-33)22(34)19-14(16)10-13-11-15-21(31(3)4)24(36)20(27(29)39)26(38)28(15,40)25(37)18(13)23(19)35/h12-13,15,21,34,36-37,40H,6-11H2,1-5H3,(H2,29,39). The van der Waals surface area contributed by atoms with Crippen LogP contribution in [0.3, 0.4) is 0 Å². The van der Waals surface area contributed by atoms with Gasteiger partial charge in [-0.15, -0.1) is 0 Å². The number of aliphatic hydroxyl groups excluding tert-OH is 2. The van der Waals surface area contributed by atoms with Gasteiger partial charge in [0.15, 0.2) is 11.4 Å². The lowest BCUT2D eigenvalue weighted by atomic mass is 9.58. The van der Waals surface area contributed by atoms with Gasteiger partial charge in [0.05, 0.1) is 17.3 Å². The van der Waals surface area contributed by atoms with E-state index in [9.17, 15) is 34.8 Å². The summed E-state index contributed by atoms with van der Waals surface area (Å²) in [6.07, 6.45) is 0.304. The molecule has 1 heterocycles. The summed E-state index contributed by atoms with van der Waals surface area (Å²) in [5.41, 5.74) is 3.66. The number of rotatable bonds is 4. The van der Waals surface area contributed by atoms with Gasteiger partial charge < -0.3 is 40.9 Å². The van der Waals surface area contributed by atoms with Gasteiger partial charge >= 0.3 is 0 Å². The van der Waals surface area contributed by atoms with Crippen LogP contribution in [0.25, 0.3) is 0 Å². The Morgan fingerprint density at radius 3 is 2.25 bits per heavy atom. The monoisotopic (exact) mass is 555 g/mol. The lowest BCUT2D eigenvalue weighted by Crippen LogP contribution is -2.63. The van der Waals surface area contributed by atoms with E-state index in [2.05, 4.69) is 4.90 Å². The smallest absolute Gasteiger partial charge is 0.255 e. The second-order valence-corrected chi connectivity index (χ2v) is 11.8. The van der Waals surface area contributed by atoms with Gasteiger partial charge in [-0.05, 0) is 51.5 Å². The fourth-order valence-corrected chi connectivity index (χ4v) is 6.97. The highest BCUT2D eigenvalue weighted by Crippen LogP contribution is 2.54. The topological polar surface area (TPSA) is 171 Å². The number of benzene rings is 1. The van der Waals surface area contributed by atoms with Crippen molar-refractivity contribution in [2.24, 2.45) is 17.6 Å². The van der Waals surface area contributed by atoms with Gasteiger partial charge in [0.1, 0.15) is 22.8 Å². The number of primary amides is 1. The maximum Gasteiger partial charge on any atom is 0.255 e. The molecule has 0 spiro atoms. The van der Waals surface area contributed by atoms with E-state index in [1.807, 2.05) is 37.0 Å². The van der Waals surface area contributed by atoms with Crippen molar-refractivity contribution in [3.8, 4) is 5.75 Å². The molecule has 216 valence electrons. The predicted molar refractivity (Wildman–Crippen MR) is 148 cm³/mol. The minimum absolute atomic E-state index is 0.0286. The molecule has 5 rings (SSSR count). The summed E-state index contributed by atoms with van der Waals surface area (Å²) in [7, 11) is 8.93. The first-order chi connectivity index (χ1) is 18.7. The molecule has 1 amide bonds. The average Bonchev–Trinajstić information content (AvgIpc) is 2.86. The number of phenolic OH excluding ortho intramolecular Hbond substituents is 1. The molecular formula is C28H37N5O7. The Hall–Kier alpha value is -3.61. The lowest BCUT2D eigenvalue weighted by molar-refractivity contribution is -0.148. The van der Waals surface area contributed by atoms with Crippen LogP contribution >= 0.6 is 0 Å². The Morgan fingerprint density at radius 2 is 1.70 bits per heavy atom. The van der Waals surface area contributed by atoms with Crippen molar-refractivity contribution in [3.05, 3.63) is 39.9 Å². The lowest BCUT2D eigenvalue weighted by Gasteiger charge is -2.50. The predicted octanol–water partition coefficient (Wildman–Crippen LogP) is -0.0616. The molecule has 12 nitrogen and oxygen atoms in total. The van der Waals surface area contributed by atoms with E-state index in [0.717, 1.165) is 18.8 Å². The molecule has 4 unspecified atom stereocenters. The van der Waals surface area contributed by atoms with Crippen LogP contribution in [0.5, 0.6) is 5.75 Å². The van der Waals surface area contributed by atoms with Gasteiger partial charge in [0.25, 0.3) is 5.91 Å². The van der Waals surface area contributed by atoms with Crippen LogP contribution in [-0.2, 0) is 16.0 Å². The number of piperazine rings is 1. The van der Waals surface area contributed by atoms with Crippen LogP contribution in [0.4, 0.5) is 11.4 Å². The molecule has 0 aromatic heterocycles. The number of hydrogen-bond donors (Lipinski definition) is 5. The van der Waals surface area contributed by atoms with E-state index < -0.39 is 58.0 Å². The summed E-state index contributed by atoms with van der Waals surface area (Å²) in [5, 5.41) is 45.7. The summed E-state index contributed by atoms with van der Waals surface area (Å²) < 4.78 is 0. The zero-order valence-corrected chi connectivity index (χ0v) is 23.4. The van der Waals surface area contributed by atoms with Gasteiger partial charge in [-0.25, -0.2) is 0 Å². The Morgan fingerprint density at radius 1 is 1.07 bits per heavy atom. The summed E-state index contributed by atoms with van der Waals surface area (Å²) in [6, 6.07) is 0.854. The van der Waals surface area contributed by atoms with E-state index in [4.69, 9.17) is 5.73 Å². The number of ketones is 2. The molecule has 1 aliphatic heterocycles. The normalized spacial score (nSPS) is 29.0. The maximum absolute atomic E-state index is 14.2. The molecule has 12 heteroatoms. The molecule has 4 atom stereocenters. The summed E-state index contributed by atoms with van der Waals surface area (Å²) in [6.45, 7) is 2.85. The van der Waals surface area contributed by atoms with Gasteiger partial charge in [0.2, 0.25) is 5.78 Å². The maximum atomic E-state index is 14.2. The van der Waals surface area contributed by atoms with Crippen molar-refractivity contribution < 1.29 is 34.8 Å². The minimum Gasteiger partial charge on any atom is -0.510 e. The third-order valence-corrected chi connectivity index (χ3v) is 9.00. The zero-order valence-electron chi connectivity index (χ0n) is 23.4. The number of likely N-dealkylation sites (N-methyl/N-ethyl adjacent to an activating group) is 2. The number of phenols is 1. The fraction of sp³-hybridized carbons (Fsp3) is 0.536. The largest absolute Gasteiger partial charge is 0.510 e. The Balaban J connectivity index is 1.70. The Labute approximate surface area is 232 Å². The number of anilines is 2. The van der Waals surface area contributed by atoms with Crippen LogP contribution in [-0.4, -0.2) is 121 Å². The molecule has 0 bridgehead atoms. The van der Waals surface area contributed by atoms with Crippen LogP contribution in [0, 0.1) is 11.8 Å². The molecule has 0 saturated carbocycles. The zero-order chi connectivity index (χ0) is 29.4.